The third-order valence-corrected chi connectivity index (χ3v) is 4.32. The van der Waals surface area contributed by atoms with Gasteiger partial charge >= 0.3 is 0 Å². The monoisotopic (exact) mass is 310 g/mol. The molecule has 0 bridgehead atoms. The summed E-state index contributed by atoms with van der Waals surface area (Å²) in [5.74, 6) is 0.133. The van der Waals surface area contributed by atoms with E-state index in [2.05, 4.69) is 33.4 Å². The van der Waals surface area contributed by atoms with Crippen molar-refractivity contribution in [2.75, 3.05) is 13.1 Å². The largest absolute Gasteiger partial charge is 0.355 e. The Bertz CT molecular complexity index is 407. The number of carbonyl (C=O) groups is 1. The molecular formula is C14H19BrN2O. The maximum atomic E-state index is 12.0. The number of nitrogens with two attached hydrogens (primary N) is 1. The van der Waals surface area contributed by atoms with Crippen LogP contribution in [0.5, 0.6) is 0 Å². The highest BCUT2D eigenvalue weighted by Crippen LogP contribution is 2.39. The van der Waals surface area contributed by atoms with Crippen molar-refractivity contribution in [2.24, 2.45) is 11.1 Å². The molecule has 18 heavy (non-hydrogen) atoms. The molecule has 0 radical (unpaired) electrons. The van der Waals surface area contributed by atoms with E-state index in [0.717, 1.165) is 30.2 Å². The molecule has 98 valence electrons. The van der Waals surface area contributed by atoms with Gasteiger partial charge in [0.15, 0.2) is 0 Å². The third kappa shape index (κ3) is 2.93. The van der Waals surface area contributed by atoms with Crippen molar-refractivity contribution in [3.05, 3.63) is 34.3 Å². The fraction of sp³-hybridized carbons (Fsp3) is 0.500. The van der Waals surface area contributed by atoms with Crippen LogP contribution in [0.1, 0.15) is 24.8 Å². The van der Waals surface area contributed by atoms with Crippen LogP contribution < -0.4 is 11.1 Å². The third-order valence-electron chi connectivity index (χ3n) is 3.80. The molecule has 0 aromatic heterocycles. The molecule has 0 unspecified atom stereocenters. The topological polar surface area (TPSA) is 55.1 Å². The normalized spacial score (nSPS) is 17.0. The molecule has 0 heterocycles. The van der Waals surface area contributed by atoms with E-state index >= 15 is 0 Å². The second-order valence-corrected chi connectivity index (χ2v) is 5.89. The van der Waals surface area contributed by atoms with Gasteiger partial charge in [-0.1, -0.05) is 34.5 Å². The van der Waals surface area contributed by atoms with Crippen molar-refractivity contribution >= 4 is 21.8 Å². The van der Waals surface area contributed by atoms with Crippen molar-refractivity contribution in [1.29, 1.82) is 0 Å². The molecule has 0 saturated heterocycles. The Morgan fingerprint density at radius 3 is 2.50 bits per heavy atom. The number of carbonyl (C=O) groups excluding carboxylic acids is 1. The molecule has 1 amide bonds. The SMILES string of the molecule is NCC1(C(=O)NCCc2ccc(Br)cc2)CCC1. The Morgan fingerprint density at radius 2 is 2.00 bits per heavy atom. The molecule has 1 aliphatic carbocycles. The average Bonchev–Trinajstić information content (AvgIpc) is 2.31. The van der Waals surface area contributed by atoms with Gasteiger partial charge in [-0.2, -0.15) is 0 Å². The predicted molar refractivity (Wildman–Crippen MR) is 76.2 cm³/mol. The minimum Gasteiger partial charge on any atom is -0.355 e. The van der Waals surface area contributed by atoms with Gasteiger partial charge < -0.3 is 11.1 Å². The van der Waals surface area contributed by atoms with Gasteiger partial charge in [-0.05, 0) is 37.0 Å². The van der Waals surface area contributed by atoms with Gasteiger partial charge in [0.25, 0.3) is 0 Å². The van der Waals surface area contributed by atoms with Crippen LogP contribution in [0.4, 0.5) is 0 Å². The summed E-state index contributed by atoms with van der Waals surface area (Å²) in [7, 11) is 0. The number of nitrogens with one attached hydrogen (secondary N) is 1. The minimum absolute atomic E-state index is 0.133. The fourth-order valence-corrected chi connectivity index (χ4v) is 2.55. The Hall–Kier alpha value is -0.870. The first-order chi connectivity index (χ1) is 8.66. The average molecular weight is 311 g/mol. The van der Waals surface area contributed by atoms with Gasteiger partial charge in [0.1, 0.15) is 0 Å². The predicted octanol–water partition coefficient (Wildman–Crippen LogP) is 2.24. The Labute approximate surface area is 116 Å². The van der Waals surface area contributed by atoms with E-state index in [4.69, 9.17) is 5.73 Å². The molecule has 0 spiro atoms. The summed E-state index contributed by atoms with van der Waals surface area (Å²) in [4.78, 5) is 12.0. The van der Waals surface area contributed by atoms with E-state index in [1.165, 1.54) is 5.56 Å². The maximum Gasteiger partial charge on any atom is 0.227 e. The van der Waals surface area contributed by atoms with Crippen LogP contribution in [0, 0.1) is 5.41 Å². The second kappa shape index (κ2) is 5.85. The van der Waals surface area contributed by atoms with Crippen LogP contribution in [0.2, 0.25) is 0 Å². The summed E-state index contributed by atoms with van der Waals surface area (Å²) in [6.07, 6.45) is 3.86. The van der Waals surface area contributed by atoms with Crippen molar-refractivity contribution in [1.82, 2.24) is 5.32 Å². The Morgan fingerprint density at radius 1 is 1.33 bits per heavy atom. The fourth-order valence-electron chi connectivity index (χ4n) is 2.29. The van der Waals surface area contributed by atoms with E-state index in [1.54, 1.807) is 0 Å². The molecule has 1 aromatic carbocycles. The molecule has 0 aliphatic heterocycles. The van der Waals surface area contributed by atoms with Crippen LogP contribution in [-0.4, -0.2) is 19.0 Å². The lowest BCUT2D eigenvalue weighted by Crippen LogP contribution is -2.50. The number of benzene rings is 1. The minimum atomic E-state index is -0.264. The second-order valence-electron chi connectivity index (χ2n) is 4.97. The molecule has 1 fully saturated rings. The summed E-state index contributed by atoms with van der Waals surface area (Å²) in [6.45, 7) is 1.15. The van der Waals surface area contributed by atoms with E-state index in [0.29, 0.717) is 13.1 Å². The van der Waals surface area contributed by atoms with E-state index < -0.39 is 0 Å². The van der Waals surface area contributed by atoms with Crippen LogP contribution >= 0.6 is 15.9 Å². The zero-order valence-corrected chi connectivity index (χ0v) is 12.0. The standard InChI is InChI=1S/C14H19BrN2O/c15-12-4-2-11(3-5-12)6-9-17-13(18)14(10-16)7-1-8-14/h2-5H,1,6-10,16H2,(H,17,18). The van der Waals surface area contributed by atoms with Gasteiger partial charge in [-0.25, -0.2) is 0 Å². The van der Waals surface area contributed by atoms with Gasteiger partial charge in [0.2, 0.25) is 5.91 Å². The summed E-state index contributed by atoms with van der Waals surface area (Å²) >= 11 is 3.41. The Kier molecular flexibility index (Phi) is 4.40. The highest BCUT2D eigenvalue weighted by Gasteiger charge is 2.42. The number of amides is 1. The first-order valence-corrected chi connectivity index (χ1v) is 7.18. The van der Waals surface area contributed by atoms with Crippen molar-refractivity contribution in [3.63, 3.8) is 0 Å². The number of hydrogen-bond donors (Lipinski definition) is 2. The highest BCUT2D eigenvalue weighted by molar-refractivity contribution is 9.10. The van der Waals surface area contributed by atoms with Gasteiger partial charge in [0, 0.05) is 17.6 Å². The number of halogens is 1. The number of rotatable bonds is 5. The smallest absolute Gasteiger partial charge is 0.227 e. The van der Waals surface area contributed by atoms with Crippen LogP contribution in [0.3, 0.4) is 0 Å². The molecule has 0 atom stereocenters. The summed E-state index contributed by atoms with van der Waals surface area (Å²) in [5.41, 5.74) is 6.67. The molecule has 1 saturated carbocycles. The first kappa shape index (κ1) is 13.6. The van der Waals surface area contributed by atoms with Crippen molar-refractivity contribution in [3.8, 4) is 0 Å². The van der Waals surface area contributed by atoms with E-state index in [1.807, 2.05) is 12.1 Å². The Balaban J connectivity index is 1.78. The summed E-state index contributed by atoms with van der Waals surface area (Å²) in [5, 5.41) is 3.01. The van der Waals surface area contributed by atoms with Crippen molar-refractivity contribution in [2.45, 2.75) is 25.7 Å². The lowest BCUT2D eigenvalue weighted by atomic mass is 9.68. The van der Waals surface area contributed by atoms with E-state index in [9.17, 15) is 4.79 Å². The van der Waals surface area contributed by atoms with Crippen LogP contribution in [0.15, 0.2) is 28.7 Å². The van der Waals surface area contributed by atoms with Crippen molar-refractivity contribution < 1.29 is 4.79 Å². The number of hydrogen-bond acceptors (Lipinski definition) is 2. The molecule has 1 aliphatic rings. The maximum absolute atomic E-state index is 12.0. The molecule has 1 aromatic rings. The summed E-state index contributed by atoms with van der Waals surface area (Å²) < 4.78 is 1.08. The molecule has 3 nitrogen and oxygen atoms in total. The van der Waals surface area contributed by atoms with E-state index in [-0.39, 0.29) is 11.3 Å². The van der Waals surface area contributed by atoms with Crippen LogP contribution in [-0.2, 0) is 11.2 Å². The lowest BCUT2D eigenvalue weighted by Gasteiger charge is -2.39. The highest BCUT2D eigenvalue weighted by atomic mass is 79.9. The zero-order valence-electron chi connectivity index (χ0n) is 10.4. The molecule has 3 N–H and O–H groups in total. The molecular weight excluding hydrogens is 292 g/mol. The summed E-state index contributed by atoms with van der Waals surface area (Å²) in [6, 6.07) is 8.17. The first-order valence-electron chi connectivity index (χ1n) is 6.39. The molecule has 2 rings (SSSR count). The quantitative estimate of drug-likeness (QED) is 0.876. The van der Waals surface area contributed by atoms with Gasteiger partial charge in [-0.15, -0.1) is 0 Å². The lowest BCUT2D eigenvalue weighted by molar-refractivity contribution is -0.135. The zero-order chi connectivity index (χ0) is 13.0. The van der Waals surface area contributed by atoms with Gasteiger partial charge in [0.05, 0.1) is 5.41 Å². The molecule has 4 heteroatoms. The van der Waals surface area contributed by atoms with Crippen LogP contribution in [0.25, 0.3) is 0 Å². The van der Waals surface area contributed by atoms with Gasteiger partial charge in [-0.3, -0.25) is 4.79 Å².